The molecule has 3 aliphatic rings. The molecule has 0 heterocycles. The van der Waals surface area contributed by atoms with Gasteiger partial charge < -0.3 is 36.0 Å². The molecule has 0 aromatic heterocycles. The molecule has 0 unspecified atom stereocenters. The van der Waals surface area contributed by atoms with Gasteiger partial charge in [0, 0.05) is 37.8 Å². The number of anilines is 1. The maximum Gasteiger partial charge on any atom is 0.255 e. The number of aromatic hydroxyl groups is 1. The van der Waals surface area contributed by atoms with Gasteiger partial charge >= 0.3 is 0 Å². The lowest BCUT2D eigenvalue weighted by Crippen LogP contribution is -2.65. The van der Waals surface area contributed by atoms with Crippen LogP contribution in [0.2, 0.25) is 0 Å². The molecule has 4 rings (SSSR count). The third kappa shape index (κ3) is 4.79. The van der Waals surface area contributed by atoms with Crippen LogP contribution in [-0.4, -0.2) is 101 Å². The fraction of sp³-hybridized carbons (Fsp3) is 0.567. The molecule has 1 fully saturated rings. The molecular formula is C30H42N4O7. The van der Waals surface area contributed by atoms with E-state index in [1.807, 2.05) is 26.0 Å². The second-order valence-electron chi connectivity index (χ2n) is 12.5. The molecule has 0 radical (unpaired) electrons. The van der Waals surface area contributed by atoms with Crippen LogP contribution in [0.25, 0.3) is 5.76 Å². The maximum atomic E-state index is 14.0. The van der Waals surface area contributed by atoms with Gasteiger partial charge in [0.05, 0.1) is 11.6 Å². The lowest BCUT2D eigenvalue weighted by Gasteiger charge is -2.50. The van der Waals surface area contributed by atoms with Crippen molar-refractivity contribution >= 4 is 28.9 Å². The normalized spacial score (nSPS) is 26.1. The number of nitrogens with two attached hydrogens (primary N) is 1. The van der Waals surface area contributed by atoms with Gasteiger partial charge in [-0.15, -0.1) is 0 Å². The van der Waals surface area contributed by atoms with Gasteiger partial charge in [0.1, 0.15) is 22.8 Å². The van der Waals surface area contributed by atoms with Crippen molar-refractivity contribution in [3.8, 4) is 5.75 Å². The Hall–Kier alpha value is -3.41. The van der Waals surface area contributed by atoms with Gasteiger partial charge in [0.2, 0.25) is 5.78 Å². The Kier molecular flexibility index (Phi) is 8.03. The van der Waals surface area contributed by atoms with Crippen LogP contribution < -0.4 is 10.6 Å². The first kappa shape index (κ1) is 30.5. The van der Waals surface area contributed by atoms with Crippen LogP contribution in [0.1, 0.15) is 43.4 Å². The Bertz CT molecular complexity index is 1360. The second-order valence-corrected chi connectivity index (χ2v) is 12.5. The van der Waals surface area contributed by atoms with Crippen molar-refractivity contribution in [1.82, 2.24) is 9.80 Å². The number of Topliss-reactive ketones (excluding diaryl/α,β-unsaturated/α-hetero) is 2. The number of primary amides is 1. The number of phenolic OH excluding ortho intramolecular Hbond substituents is 1. The van der Waals surface area contributed by atoms with Crippen molar-refractivity contribution in [3.05, 3.63) is 39.7 Å². The van der Waals surface area contributed by atoms with Crippen molar-refractivity contribution in [2.45, 2.75) is 51.3 Å². The zero-order valence-corrected chi connectivity index (χ0v) is 24.9. The zero-order valence-electron chi connectivity index (χ0n) is 24.9. The number of likely N-dealkylation sites (N-methyl/N-ethyl adjacent to an activating group) is 1. The summed E-state index contributed by atoms with van der Waals surface area (Å²) in [7, 11) is 8.93. The Morgan fingerprint density at radius 2 is 1.76 bits per heavy atom. The third-order valence-corrected chi connectivity index (χ3v) is 8.75. The Morgan fingerprint density at radius 3 is 2.29 bits per heavy atom. The molecule has 3 aliphatic carbocycles. The van der Waals surface area contributed by atoms with Gasteiger partial charge in [0.15, 0.2) is 11.4 Å². The first-order chi connectivity index (χ1) is 19.0. The van der Waals surface area contributed by atoms with E-state index in [0.717, 1.165) is 24.2 Å². The second kappa shape index (κ2) is 10.8. The summed E-state index contributed by atoms with van der Waals surface area (Å²) >= 11 is 0. The minimum absolute atomic E-state index is 0.0535. The largest absolute Gasteiger partial charge is 0.508 e. The number of phenols is 1. The van der Waals surface area contributed by atoms with E-state index >= 15 is 0 Å². The Morgan fingerprint density at radius 1 is 1.12 bits per heavy atom. The van der Waals surface area contributed by atoms with Crippen LogP contribution in [0.5, 0.6) is 5.75 Å². The number of hydrogen-bond donors (Lipinski definition) is 5. The van der Waals surface area contributed by atoms with Crippen molar-refractivity contribution in [3.63, 3.8) is 0 Å². The van der Waals surface area contributed by atoms with Gasteiger partial charge in [-0.2, -0.15) is 0 Å². The van der Waals surface area contributed by atoms with E-state index in [1.165, 1.54) is 4.90 Å². The zero-order chi connectivity index (χ0) is 30.7. The predicted molar refractivity (Wildman–Crippen MR) is 154 cm³/mol. The minimum Gasteiger partial charge on any atom is -0.508 e. The van der Waals surface area contributed by atoms with E-state index in [4.69, 9.17) is 5.73 Å². The topological polar surface area (TPSA) is 168 Å². The lowest BCUT2D eigenvalue weighted by atomic mass is 9.57. The molecule has 224 valence electrons. The van der Waals surface area contributed by atoms with E-state index in [2.05, 4.69) is 18.7 Å². The first-order valence-corrected chi connectivity index (χ1v) is 13.9. The molecule has 1 saturated carbocycles. The van der Waals surface area contributed by atoms with Crippen LogP contribution in [-0.2, 0) is 27.3 Å². The quantitative estimate of drug-likeness (QED) is 0.289. The summed E-state index contributed by atoms with van der Waals surface area (Å²) in [6.07, 6.45) is 1.31. The number of benzene rings is 1. The lowest BCUT2D eigenvalue weighted by molar-refractivity contribution is -0.153. The van der Waals surface area contributed by atoms with Crippen molar-refractivity contribution < 1.29 is 34.8 Å². The summed E-state index contributed by atoms with van der Waals surface area (Å²) in [4.78, 5) is 45.0. The van der Waals surface area contributed by atoms with Crippen LogP contribution in [0.3, 0.4) is 0 Å². The molecule has 11 heteroatoms. The number of fused-ring (bicyclic) bond motifs is 3. The SMILES string of the molecule is CC(C)CCN(C)Cc1cc(O)c2c(c1N(C)C)C[C@H]1C[C@H]3[C@H](N(C)C)C(=O)C(C(N)=O)=C(O)[C@@]3(O)C(=O)C1=C2O. The standard InChI is InChI=1S/C30H42N4O7/c1-14(2)8-9-34(7)13-16-12-19(35)21-17(23(16)32(3)4)10-15-11-18-24(33(5)6)26(37)22(29(31)40)28(39)30(18,41)27(38)20(15)25(21)36/h12,14-15,18,24,35-36,39,41H,8-11,13H2,1-7H3,(H2,31,40)/t15-,18-,24-,30-/m0/s1. The monoisotopic (exact) mass is 570 g/mol. The van der Waals surface area contributed by atoms with Crippen LogP contribution in [0.4, 0.5) is 5.69 Å². The highest BCUT2D eigenvalue weighted by Crippen LogP contribution is 2.54. The number of carbonyl (C=O) groups excluding carboxylic acids is 3. The Labute approximate surface area is 240 Å². The molecule has 0 saturated heterocycles. The van der Waals surface area contributed by atoms with Gasteiger partial charge in [0.25, 0.3) is 5.91 Å². The van der Waals surface area contributed by atoms with Gasteiger partial charge in [-0.3, -0.25) is 19.3 Å². The summed E-state index contributed by atoms with van der Waals surface area (Å²) in [5.74, 6) is -6.01. The molecule has 1 aromatic rings. The molecule has 0 bridgehead atoms. The summed E-state index contributed by atoms with van der Waals surface area (Å²) < 4.78 is 0. The predicted octanol–water partition coefficient (Wildman–Crippen LogP) is 1.51. The number of amides is 1. The maximum absolute atomic E-state index is 14.0. The van der Waals surface area contributed by atoms with Crippen LogP contribution >= 0.6 is 0 Å². The average molecular weight is 571 g/mol. The fourth-order valence-corrected chi connectivity index (χ4v) is 6.89. The van der Waals surface area contributed by atoms with Gasteiger partial charge in [-0.1, -0.05) is 13.8 Å². The number of rotatable bonds is 8. The Balaban J connectivity index is 1.89. The van der Waals surface area contributed by atoms with Gasteiger partial charge in [-0.05, 0) is 76.0 Å². The number of carbonyl (C=O) groups is 3. The number of ketones is 2. The molecule has 6 N–H and O–H groups in total. The fourth-order valence-electron chi connectivity index (χ4n) is 6.89. The van der Waals surface area contributed by atoms with Crippen molar-refractivity contribution in [2.75, 3.05) is 46.7 Å². The highest BCUT2D eigenvalue weighted by Gasteiger charge is 2.64. The third-order valence-electron chi connectivity index (χ3n) is 8.75. The molecule has 1 amide bonds. The summed E-state index contributed by atoms with van der Waals surface area (Å²) in [5, 5.41) is 45.4. The molecule has 1 aromatic carbocycles. The van der Waals surface area contributed by atoms with Crippen LogP contribution in [0.15, 0.2) is 23.0 Å². The number of nitrogens with zero attached hydrogens (tertiary/aromatic N) is 3. The molecule has 11 nitrogen and oxygen atoms in total. The molecule has 0 aliphatic heterocycles. The van der Waals surface area contributed by atoms with Crippen LogP contribution in [0, 0.1) is 17.8 Å². The van der Waals surface area contributed by atoms with E-state index in [9.17, 15) is 34.8 Å². The highest BCUT2D eigenvalue weighted by molar-refractivity contribution is 6.24. The van der Waals surface area contributed by atoms with E-state index in [0.29, 0.717) is 18.0 Å². The first-order valence-electron chi connectivity index (χ1n) is 13.9. The minimum atomic E-state index is -2.65. The van der Waals surface area contributed by atoms with Crippen molar-refractivity contribution in [2.24, 2.45) is 23.5 Å². The van der Waals surface area contributed by atoms with Gasteiger partial charge in [-0.25, -0.2) is 0 Å². The van der Waals surface area contributed by atoms with E-state index in [-0.39, 0.29) is 29.7 Å². The molecule has 0 spiro atoms. The summed E-state index contributed by atoms with van der Waals surface area (Å²) in [6, 6.07) is 0.474. The smallest absolute Gasteiger partial charge is 0.255 e. The summed E-state index contributed by atoms with van der Waals surface area (Å²) in [6.45, 7) is 5.73. The molecular weight excluding hydrogens is 528 g/mol. The number of aliphatic hydroxyl groups excluding tert-OH is 2. The molecule has 41 heavy (non-hydrogen) atoms. The average Bonchev–Trinajstić information content (AvgIpc) is 2.84. The van der Waals surface area contributed by atoms with E-state index < -0.39 is 58.0 Å². The highest BCUT2D eigenvalue weighted by atomic mass is 16.3. The molecule has 4 atom stereocenters. The summed E-state index contributed by atoms with van der Waals surface area (Å²) in [5.41, 5.74) is 4.19. The number of aliphatic hydroxyl groups is 3. The van der Waals surface area contributed by atoms with E-state index in [1.54, 1.807) is 20.2 Å². The van der Waals surface area contributed by atoms with Crippen molar-refractivity contribution in [1.29, 1.82) is 0 Å². The number of hydrogen-bond acceptors (Lipinski definition) is 10.